The Morgan fingerprint density at radius 3 is 2.70 bits per heavy atom. The van der Waals surface area contributed by atoms with E-state index >= 15 is 0 Å². The van der Waals surface area contributed by atoms with Gasteiger partial charge in [-0.2, -0.15) is 0 Å². The summed E-state index contributed by atoms with van der Waals surface area (Å²) in [6, 6.07) is 9.64. The first-order valence-corrected chi connectivity index (χ1v) is 7.08. The van der Waals surface area contributed by atoms with Gasteiger partial charge in [-0.15, -0.1) is 6.58 Å². The second-order valence-corrected chi connectivity index (χ2v) is 5.23. The fourth-order valence-corrected chi connectivity index (χ4v) is 2.09. The molecule has 0 saturated heterocycles. The van der Waals surface area contributed by atoms with Gasteiger partial charge in [0.25, 0.3) is 0 Å². The Bertz CT molecular complexity index is 446. The molecule has 0 radical (unpaired) electrons. The van der Waals surface area contributed by atoms with Gasteiger partial charge in [-0.25, -0.2) is 0 Å². The molecule has 1 aromatic rings. The molecule has 2 heteroatoms. The predicted octanol–water partition coefficient (Wildman–Crippen LogP) is 4.32. The van der Waals surface area contributed by atoms with Gasteiger partial charge in [0.2, 0.25) is 0 Å². The van der Waals surface area contributed by atoms with Crippen LogP contribution in [0.25, 0.3) is 0 Å². The molecule has 0 aliphatic carbocycles. The Balaban J connectivity index is 2.28. The first-order chi connectivity index (χ1) is 9.61. The number of esters is 1. The summed E-state index contributed by atoms with van der Waals surface area (Å²) in [5.74, 6) is 0.406. The van der Waals surface area contributed by atoms with Crippen LogP contribution in [0.4, 0.5) is 0 Å². The lowest BCUT2D eigenvalue weighted by molar-refractivity contribution is -0.141. The topological polar surface area (TPSA) is 26.3 Å². The zero-order valence-electron chi connectivity index (χ0n) is 12.5. The number of allylic oxidation sites excluding steroid dienone is 2. The third-order valence-corrected chi connectivity index (χ3v) is 3.11. The van der Waals surface area contributed by atoms with Crippen molar-refractivity contribution >= 4 is 5.97 Å². The van der Waals surface area contributed by atoms with Crippen molar-refractivity contribution in [1.82, 2.24) is 0 Å². The Kier molecular flexibility index (Phi) is 7.41. The summed E-state index contributed by atoms with van der Waals surface area (Å²) >= 11 is 0. The molecule has 0 N–H and O–H groups in total. The summed E-state index contributed by atoms with van der Waals surface area (Å²) in [6.07, 6.45) is 6.29. The second kappa shape index (κ2) is 9.13. The molecule has 0 aliphatic heterocycles. The van der Waals surface area contributed by atoms with Crippen molar-refractivity contribution in [1.29, 1.82) is 0 Å². The van der Waals surface area contributed by atoms with Crippen LogP contribution in [0.2, 0.25) is 0 Å². The van der Waals surface area contributed by atoms with Crippen molar-refractivity contribution in [2.45, 2.75) is 33.1 Å². The van der Waals surface area contributed by atoms with Crippen LogP contribution in [0.15, 0.2) is 54.6 Å². The molecule has 1 aromatic carbocycles. The fourth-order valence-electron chi connectivity index (χ4n) is 2.09. The number of hydrogen-bond acceptors (Lipinski definition) is 2. The van der Waals surface area contributed by atoms with Crippen LogP contribution in [-0.2, 0) is 16.0 Å². The van der Waals surface area contributed by atoms with Crippen molar-refractivity contribution in [3.05, 3.63) is 60.2 Å². The molecule has 0 saturated carbocycles. The Labute approximate surface area is 122 Å². The summed E-state index contributed by atoms with van der Waals surface area (Å²) in [7, 11) is 0. The fraction of sp³-hybridized carbons (Fsp3) is 0.389. The van der Waals surface area contributed by atoms with Crippen LogP contribution >= 0.6 is 0 Å². The largest absolute Gasteiger partial charge is 0.461 e. The van der Waals surface area contributed by atoms with Crippen LogP contribution in [-0.4, -0.2) is 12.6 Å². The van der Waals surface area contributed by atoms with E-state index in [1.165, 1.54) is 5.57 Å². The molecule has 0 fully saturated rings. The lowest BCUT2D eigenvalue weighted by Crippen LogP contribution is -2.08. The lowest BCUT2D eigenvalue weighted by Gasteiger charge is -2.09. The first-order valence-electron chi connectivity index (χ1n) is 7.08. The van der Waals surface area contributed by atoms with Gasteiger partial charge in [0, 0.05) is 0 Å². The normalized spacial score (nSPS) is 12.8. The van der Waals surface area contributed by atoms with Gasteiger partial charge in [0.05, 0.1) is 6.42 Å². The van der Waals surface area contributed by atoms with E-state index in [-0.39, 0.29) is 5.97 Å². The lowest BCUT2D eigenvalue weighted by atomic mass is 9.99. The highest BCUT2D eigenvalue weighted by Crippen LogP contribution is 2.14. The van der Waals surface area contributed by atoms with E-state index in [9.17, 15) is 4.79 Å². The SMILES string of the molecule is C=CCC(C)C/C(C)=C/COC(=O)Cc1ccccc1. The zero-order valence-corrected chi connectivity index (χ0v) is 12.5. The number of hydrogen-bond donors (Lipinski definition) is 0. The Morgan fingerprint density at radius 1 is 1.35 bits per heavy atom. The zero-order chi connectivity index (χ0) is 14.8. The predicted molar refractivity (Wildman–Crippen MR) is 83.5 cm³/mol. The molecule has 0 spiro atoms. The number of rotatable bonds is 8. The standard InChI is InChI=1S/C18H24O2/c1-4-8-15(2)13-16(3)11-12-20-18(19)14-17-9-6-5-7-10-17/h4-7,9-11,15H,1,8,12-14H2,2-3H3/b16-11+. The molecule has 1 rings (SSSR count). The van der Waals surface area contributed by atoms with Crippen molar-refractivity contribution in [3.63, 3.8) is 0 Å². The molecular weight excluding hydrogens is 248 g/mol. The van der Waals surface area contributed by atoms with Gasteiger partial charge in [-0.05, 0) is 37.3 Å². The maximum absolute atomic E-state index is 11.7. The number of carbonyl (C=O) groups is 1. The molecule has 2 nitrogen and oxygen atoms in total. The van der Waals surface area contributed by atoms with E-state index in [0.29, 0.717) is 18.9 Å². The van der Waals surface area contributed by atoms with Crippen molar-refractivity contribution in [2.75, 3.05) is 6.61 Å². The quantitative estimate of drug-likeness (QED) is 0.520. The maximum atomic E-state index is 11.7. The molecule has 0 heterocycles. The molecule has 0 aliphatic rings. The second-order valence-electron chi connectivity index (χ2n) is 5.23. The minimum Gasteiger partial charge on any atom is -0.461 e. The van der Waals surface area contributed by atoms with Crippen molar-refractivity contribution < 1.29 is 9.53 Å². The van der Waals surface area contributed by atoms with Crippen LogP contribution in [0.5, 0.6) is 0 Å². The van der Waals surface area contributed by atoms with Crippen molar-refractivity contribution in [2.24, 2.45) is 5.92 Å². The van der Waals surface area contributed by atoms with E-state index in [0.717, 1.165) is 18.4 Å². The van der Waals surface area contributed by atoms with Gasteiger partial charge < -0.3 is 4.74 Å². The summed E-state index contributed by atoms with van der Waals surface area (Å²) in [4.78, 5) is 11.7. The maximum Gasteiger partial charge on any atom is 0.310 e. The van der Waals surface area contributed by atoms with Crippen LogP contribution < -0.4 is 0 Å². The van der Waals surface area contributed by atoms with E-state index in [1.54, 1.807) is 0 Å². The molecule has 20 heavy (non-hydrogen) atoms. The number of benzene rings is 1. The van der Waals surface area contributed by atoms with Gasteiger partial charge in [0.15, 0.2) is 0 Å². The molecular formula is C18H24O2. The summed E-state index contributed by atoms with van der Waals surface area (Å²) in [5, 5.41) is 0. The van der Waals surface area contributed by atoms with Gasteiger partial charge in [-0.3, -0.25) is 4.79 Å². The monoisotopic (exact) mass is 272 g/mol. The summed E-state index contributed by atoms with van der Waals surface area (Å²) in [6.45, 7) is 8.37. The minimum absolute atomic E-state index is 0.181. The minimum atomic E-state index is -0.181. The van der Waals surface area contributed by atoms with Crippen LogP contribution in [0.1, 0.15) is 32.3 Å². The smallest absolute Gasteiger partial charge is 0.310 e. The molecule has 108 valence electrons. The molecule has 1 unspecified atom stereocenters. The highest BCUT2D eigenvalue weighted by molar-refractivity contribution is 5.72. The third-order valence-electron chi connectivity index (χ3n) is 3.11. The highest BCUT2D eigenvalue weighted by Gasteiger charge is 2.04. The van der Waals surface area contributed by atoms with E-state index < -0.39 is 0 Å². The van der Waals surface area contributed by atoms with Gasteiger partial charge >= 0.3 is 5.97 Å². The van der Waals surface area contributed by atoms with E-state index in [4.69, 9.17) is 4.74 Å². The molecule has 0 bridgehead atoms. The highest BCUT2D eigenvalue weighted by atomic mass is 16.5. The van der Waals surface area contributed by atoms with Crippen molar-refractivity contribution in [3.8, 4) is 0 Å². The van der Waals surface area contributed by atoms with Crippen LogP contribution in [0.3, 0.4) is 0 Å². The number of carbonyl (C=O) groups excluding carboxylic acids is 1. The molecule has 1 atom stereocenters. The van der Waals surface area contributed by atoms with E-state index in [1.807, 2.05) is 42.5 Å². The van der Waals surface area contributed by atoms with Crippen LogP contribution in [0, 0.1) is 5.92 Å². The summed E-state index contributed by atoms with van der Waals surface area (Å²) < 4.78 is 5.22. The average Bonchev–Trinajstić information content (AvgIpc) is 2.39. The first kappa shape index (κ1) is 16.2. The molecule has 0 aromatic heterocycles. The number of ether oxygens (including phenoxy) is 1. The van der Waals surface area contributed by atoms with Gasteiger partial charge in [0.1, 0.15) is 6.61 Å². The Morgan fingerprint density at radius 2 is 2.05 bits per heavy atom. The Hall–Kier alpha value is -1.83. The average molecular weight is 272 g/mol. The van der Waals surface area contributed by atoms with Gasteiger partial charge in [-0.1, -0.05) is 48.9 Å². The third kappa shape index (κ3) is 6.93. The van der Waals surface area contributed by atoms with E-state index in [2.05, 4.69) is 20.4 Å². The molecule has 0 amide bonds. The summed E-state index contributed by atoms with van der Waals surface area (Å²) in [5.41, 5.74) is 2.24.